The molecule has 1 aromatic carbocycles. The Balaban J connectivity index is 1.85. The van der Waals surface area contributed by atoms with Gasteiger partial charge >= 0.3 is 0 Å². The van der Waals surface area contributed by atoms with E-state index in [1.54, 1.807) is 0 Å². The molecule has 1 aliphatic heterocycles. The van der Waals surface area contributed by atoms with Crippen LogP contribution in [0.25, 0.3) is 0 Å². The van der Waals surface area contributed by atoms with E-state index in [0.29, 0.717) is 45.9 Å². The van der Waals surface area contributed by atoms with E-state index in [1.807, 2.05) is 11.8 Å². The lowest BCUT2D eigenvalue weighted by Gasteiger charge is -2.37. The second-order valence-corrected chi connectivity index (χ2v) is 8.81. The average Bonchev–Trinajstić information content (AvgIpc) is 2.65. The highest BCUT2D eigenvalue weighted by atomic mass is 32.2. The van der Waals surface area contributed by atoms with Crippen LogP contribution in [-0.4, -0.2) is 83.8 Å². The van der Waals surface area contributed by atoms with Crippen LogP contribution in [0.4, 0.5) is 14.5 Å². The van der Waals surface area contributed by atoms with E-state index in [9.17, 15) is 17.2 Å². The zero-order valence-corrected chi connectivity index (χ0v) is 17.1. The maximum Gasteiger partial charge on any atom is 0.194 e. The molecule has 1 saturated heterocycles. The van der Waals surface area contributed by atoms with Crippen LogP contribution < -0.4 is 10.2 Å². The summed E-state index contributed by atoms with van der Waals surface area (Å²) in [7, 11) is -3.02. The van der Waals surface area contributed by atoms with Crippen LogP contribution in [0, 0.1) is 11.6 Å². The first kappa shape index (κ1) is 22.4. The predicted octanol–water partition coefficient (Wildman–Crippen LogP) is 1.11. The highest BCUT2D eigenvalue weighted by Gasteiger charge is 2.22. The summed E-state index contributed by atoms with van der Waals surface area (Å²) < 4.78 is 54.8. The molecule has 0 atom stereocenters. The third-order valence-corrected chi connectivity index (χ3v) is 5.17. The number of anilines is 1. The van der Waals surface area contributed by atoms with Crippen LogP contribution in [0.5, 0.6) is 0 Å². The van der Waals surface area contributed by atoms with Crippen molar-refractivity contribution < 1.29 is 21.9 Å². The van der Waals surface area contributed by atoms with Crippen LogP contribution in [-0.2, 0) is 14.6 Å². The molecule has 7 nitrogen and oxygen atoms in total. The highest BCUT2D eigenvalue weighted by Crippen LogP contribution is 2.21. The lowest BCUT2D eigenvalue weighted by Crippen LogP contribution is -2.52. The third-order valence-electron chi connectivity index (χ3n) is 4.26. The lowest BCUT2D eigenvalue weighted by molar-refractivity contribution is 0.157. The van der Waals surface area contributed by atoms with Gasteiger partial charge in [0.05, 0.1) is 31.2 Å². The minimum absolute atomic E-state index is 0.00458. The molecular formula is C18H28F2N4O3S. The fourth-order valence-electron chi connectivity index (χ4n) is 2.84. The molecule has 0 aliphatic carbocycles. The zero-order valence-electron chi connectivity index (χ0n) is 16.3. The number of benzene rings is 1. The summed E-state index contributed by atoms with van der Waals surface area (Å²) >= 11 is 0. The van der Waals surface area contributed by atoms with Gasteiger partial charge in [-0.1, -0.05) is 0 Å². The second-order valence-electron chi connectivity index (χ2n) is 6.55. The maximum absolute atomic E-state index is 14.0. The van der Waals surface area contributed by atoms with Crippen LogP contribution >= 0.6 is 0 Å². The molecule has 0 spiro atoms. The number of hydrogen-bond donors (Lipinski definition) is 1. The van der Waals surface area contributed by atoms with Crippen molar-refractivity contribution in [3.05, 3.63) is 29.8 Å². The minimum Gasteiger partial charge on any atom is -0.378 e. The Morgan fingerprint density at radius 3 is 2.57 bits per heavy atom. The van der Waals surface area contributed by atoms with E-state index in [0.717, 1.165) is 18.1 Å². The van der Waals surface area contributed by atoms with E-state index in [-0.39, 0.29) is 18.0 Å². The number of piperazine rings is 1. The molecule has 1 aromatic rings. The lowest BCUT2D eigenvalue weighted by atomic mass is 10.2. The van der Waals surface area contributed by atoms with E-state index in [1.165, 1.54) is 12.3 Å². The Hall–Kier alpha value is -1.94. The van der Waals surface area contributed by atoms with E-state index < -0.39 is 21.5 Å². The molecule has 0 aromatic heterocycles. The highest BCUT2D eigenvalue weighted by molar-refractivity contribution is 7.90. The Morgan fingerprint density at radius 2 is 1.93 bits per heavy atom. The van der Waals surface area contributed by atoms with Crippen molar-refractivity contribution in [3.63, 3.8) is 0 Å². The summed E-state index contributed by atoms with van der Waals surface area (Å²) in [5.74, 6) is -0.158. The molecule has 0 unspecified atom stereocenters. The molecule has 2 rings (SSSR count). The Labute approximate surface area is 165 Å². The van der Waals surface area contributed by atoms with Gasteiger partial charge in [-0.15, -0.1) is 0 Å². The van der Waals surface area contributed by atoms with E-state index in [2.05, 4.69) is 15.2 Å². The Kier molecular flexibility index (Phi) is 8.43. The normalized spacial score (nSPS) is 15.8. The first-order valence-corrected chi connectivity index (χ1v) is 11.3. The van der Waals surface area contributed by atoms with E-state index in [4.69, 9.17) is 4.74 Å². The van der Waals surface area contributed by atoms with Crippen molar-refractivity contribution >= 4 is 21.5 Å². The van der Waals surface area contributed by atoms with Gasteiger partial charge in [-0.25, -0.2) is 17.2 Å². The van der Waals surface area contributed by atoms with Gasteiger partial charge in [0.2, 0.25) is 0 Å². The molecule has 0 radical (unpaired) electrons. The van der Waals surface area contributed by atoms with Gasteiger partial charge in [-0.2, -0.15) is 0 Å². The van der Waals surface area contributed by atoms with Gasteiger partial charge < -0.3 is 19.9 Å². The number of guanidine groups is 1. The summed E-state index contributed by atoms with van der Waals surface area (Å²) in [6.07, 6.45) is 1.17. The number of halogens is 2. The molecule has 158 valence electrons. The molecule has 28 heavy (non-hydrogen) atoms. The maximum atomic E-state index is 14.0. The van der Waals surface area contributed by atoms with Gasteiger partial charge in [0.25, 0.3) is 0 Å². The molecule has 1 fully saturated rings. The van der Waals surface area contributed by atoms with Crippen molar-refractivity contribution in [2.45, 2.75) is 6.92 Å². The fraction of sp³-hybridized carbons (Fsp3) is 0.611. The molecule has 1 aliphatic rings. The number of nitrogens with zero attached hydrogens (tertiary/aromatic N) is 3. The van der Waals surface area contributed by atoms with Crippen molar-refractivity contribution in [2.24, 2.45) is 4.99 Å². The summed E-state index contributed by atoms with van der Waals surface area (Å²) in [4.78, 5) is 8.39. The average molecular weight is 419 g/mol. The third kappa shape index (κ3) is 7.23. The monoisotopic (exact) mass is 418 g/mol. The molecule has 1 heterocycles. The number of ether oxygens (including phenoxy) is 1. The van der Waals surface area contributed by atoms with Gasteiger partial charge in [0.1, 0.15) is 21.5 Å². The van der Waals surface area contributed by atoms with Crippen LogP contribution in [0.2, 0.25) is 0 Å². The van der Waals surface area contributed by atoms with Crippen molar-refractivity contribution in [2.75, 3.05) is 69.4 Å². The van der Waals surface area contributed by atoms with Crippen molar-refractivity contribution in [1.29, 1.82) is 0 Å². The minimum atomic E-state index is -3.02. The molecule has 0 bridgehead atoms. The van der Waals surface area contributed by atoms with Crippen molar-refractivity contribution in [1.82, 2.24) is 10.2 Å². The van der Waals surface area contributed by atoms with Crippen LogP contribution in [0.3, 0.4) is 0 Å². The molecule has 10 heteroatoms. The number of nitrogens with one attached hydrogen (secondary N) is 1. The smallest absolute Gasteiger partial charge is 0.194 e. The van der Waals surface area contributed by atoms with E-state index >= 15 is 0 Å². The summed E-state index contributed by atoms with van der Waals surface area (Å²) in [5.41, 5.74) is 0.279. The Morgan fingerprint density at radius 1 is 1.21 bits per heavy atom. The molecular weight excluding hydrogens is 390 g/mol. The van der Waals surface area contributed by atoms with Gasteiger partial charge in [0, 0.05) is 45.0 Å². The number of sulfone groups is 1. The first-order valence-electron chi connectivity index (χ1n) is 9.29. The predicted molar refractivity (Wildman–Crippen MR) is 107 cm³/mol. The fourth-order valence-corrected chi connectivity index (χ4v) is 3.26. The van der Waals surface area contributed by atoms with Gasteiger partial charge in [-0.3, -0.25) is 4.99 Å². The van der Waals surface area contributed by atoms with Crippen LogP contribution in [0.1, 0.15) is 6.92 Å². The van der Waals surface area contributed by atoms with Crippen LogP contribution in [0.15, 0.2) is 23.2 Å². The zero-order chi connectivity index (χ0) is 20.6. The first-order chi connectivity index (χ1) is 13.3. The van der Waals surface area contributed by atoms with Crippen molar-refractivity contribution in [3.8, 4) is 0 Å². The second kappa shape index (κ2) is 10.6. The summed E-state index contributed by atoms with van der Waals surface area (Å²) in [6, 6.07) is 3.48. The summed E-state index contributed by atoms with van der Waals surface area (Å²) in [6.45, 7) is 5.91. The largest absolute Gasteiger partial charge is 0.378 e. The molecule has 0 saturated carbocycles. The SMILES string of the molecule is CCNC(=NCCOCCS(C)(=O)=O)N1CCN(c2cc(F)ccc2F)CC1. The molecule has 1 N–H and O–H groups in total. The standard InChI is InChI=1S/C18H28F2N4O3S/c1-3-21-18(22-6-11-27-12-13-28(2,25)26)24-9-7-23(8-10-24)17-14-15(19)4-5-16(17)20/h4-5,14H,3,6-13H2,1-2H3,(H,21,22). The number of aliphatic imine (C=N–C) groups is 1. The summed E-state index contributed by atoms with van der Waals surface area (Å²) in [5, 5.41) is 3.21. The Bertz CT molecular complexity index is 766. The topological polar surface area (TPSA) is 74.2 Å². The van der Waals surface area contributed by atoms with Gasteiger partial charge in [-0.05, 0) is 19.1 Å². The number of rotatable bonds is 8. The van der Waals surface area contributed by atoms with Gasteiger partial charge in [0.15, 0.2) is 5.96 Å². The quantitative estimate of drug-likeness (QED) is 0.387. The number of hydrogen-bond acceptors (Lipinski definition) is 5. The molecule has 0 amide bonds.